The van der Waals surface area contributed by atoms with Crippen molar-refractivity contribution < 1.29 is 24.0 Å². The highest BCUT2D eigenvalue weighted by molar-refractivity contribution is 7.98. The lowest BCUT2D eigenvalue weighted by atomic mass is 9.84. The van der Waals surface area contributed by atoms with Crippen LogP contribution in [0.25, 0.3) is 0 Å². The van der Waals surface area contributed by atoms with E-state index < -0.39 is 29.4 Å². The number of benzene rings is 2. The number of nitro benzene ring substituents is 1. The summed E-state index contributed by atoms with van der Waals surface area (Å²) in [7, 11) is 0. The Balaban J connectivity index is 1.59. The first-order valence-electron chi connectivity index (χ1n) is 11.8. The molecule has 0 heterocycles. The maximum Gasteiger partial charge on any atom is 0.329 e. The molecular formula is C26H29ClN2O6S. The molecule has 0 saturated heterocycles. The smallest absolute Gasteiger partial charge is 0.329 e. The van der Waals surface area contributed by atoms with E-state index in [0.29, 0.717) is 17.2 Å². The molecule has 1 aliphatic rings. The normalized spacial score (nSPS) is 14.6. The van der Waals surface area contributed by atoms with Crippen LogP contribution in [0.4, 0.5) is 5.69 Å². The molecule has 1 amide bonds. The van der Waals surface area contributed by atoms with Crippen LogP contribution in [0.3, 0.4) is 0 Å². The number of halogens is 1. The van der Waals surface area contributed by atoms with Crippen LogP contribution >= 0.6 is 23.4 Å². The second-order valence-electron chi connectivity index (χ2n) is 8.72. The Morgan fingerprint density at radius 1 is 1.14 bits per heavy atom. The van der Waals surface area contributed by atoms with Gasteiger partial charge in [0, 0.05) is 17.7 Å². The van der Waals surface area contributed by atoms with Crippen molar-refractivity contribution in [3.63, 3.8) is 0 Å². The van der Waals surface area contributed by atoms with Gasteiger partial charge in [0.1, 0.15) is 6.04 Å². The van der Waals surface area contributed by atoms with E-state index in [-0.39, 0.29) is 28.5 Å². The van der Waals surface area contributed by atoms with Crippen molar-refractivity contribution in [2.75, 3.05) is 18.6 Å². The summed E-state index contributed by atoms with van der Waals surface area (Å²) in [6, 6.07) is 9.94. The van der Waals surface area contributed by atoms with E-state index in [2.05, 4.69) is 5.32 Å². The van der Waals surface area contributed by atoms with E-state index in [9.17, 15) is 24.5 Å². The molecule has 10 heteroatoms. The van der Waals surface area contributed by atoms with Crippen molar-refractivity contribution in [3.8, 4) is 0 Å². The Morgan fingerprint density at radius 2 is 1.83 bits per heavy atom. The van der Waals surface area contributed by atoms with Crippen molar-refractivity contribution in [1.29, 1.82) is 0 Å². The van der Waals surface area contributed by atoms with Gasteiger partial charge < -0.3 is 10.1 Å². The molecule has 2 aromatic carbocycles. The average molecular weight is 533 g/mol. The van der Waals surface area contributed by atoms with Crippen LogP contribution in [0.1, 0.15) is 70.7 Å². The molecule has 0 bridgehead atoms. The Kier molecular flexibility index (Phi) is 10.3. The fourth-order valence-corrected chi connectivity index (χ4v) is 4.95. The molecule has 0 unspecified atom stereocenters. The number of carbonyl (C=O) groups is 3. The number of amides is 1. The van der Waals surface area contributed by atoms with Crippen molar-refractivity contribution in [1.82, 2.24) is 5.32 Å². The first kappa shape index (κ1) is 27.7. The van der Waals surface area contributed by atoms with Gasteiger partial charge in [-0.2, -0.15) is 11.8 Å². The topological polar surface area (TPSA) is 116 Å². The number of carbonyl (C=O) groups excluding carboxylic acids is 3. The quantitative estimate of drug-likeness (QED) is 0.174. The number of ketones is 1. The van der Waals surface area contributed by atoms with E-state index in [1.165, 1.54) is 55.5 Å². The van der Waals surface area contributed by atoms with E-state index in [1.807, 2.05) is 18.4 Å². The van der Waals surface area contributed by atoms with Gasteiger partial charge in [-0.25, -0.2) is 4.79 Å². The third-order valence-corrected chi connectivity index (χ3v) is 7.22. The molecular weight excluding hydrogens is 504 g/mol. The van der Waals surface area contributed by atoms with Gasteiger partial charge in [-0.1, -0.05) is 55.1 Å². The number of thioether (sulfide) groups is 1. The molecule has 1 atom stereocenters. The highest BCUT2D eigenvalue weighted by Gasteiger charge is 2.25. The standard InChI is InChI=1S/C26H29ClN2O6S/c1-36-14-13-23(28-25(31)21-12-11-20(29(33)34)15-22(21)27)26(32)35-16-24(30)19-9-7-18(8-10-19)17-5-3-2-4-6-17/h7-12,15,17,23H,2-6,13-14,16H2,1H3,(H,28,31)/t23-/m1/s1. The Morgan fingerprint density at radius 3 is 2.44 bits per heavy atom. The lowest BCUT2D eigenvalue weighted by Crippen LogP contribution is -2.42. The minimum absolute atomic E-state index is 0.00153. The maximum absolute atomic E-state index is 12.7. The number of hydrogen-bond donors (Lipinski definition) is 1. The fraction of sp³-hybridized carbons (Fsp3) is 0.423. The third-order valence-electron chi connectivity index (χ3n) is 6.26. The van der Waals surface area contributed by atoms with Gasteiger partial charge in [0.2, 0.25) is 0 Å². The molecule has 36 heavy (non-hydrogen) atoms. The maximum atomic E-state index is 12.7. The Bertz CT molecular complexity index is 1100. The van der Waals surface area contributed by atoms with Crippen LogP contribution < -0.4 is 5.32 Å². The minimum Gasteiger partial charge on any atom is -0.456 e. The number of Topliss-reactive ketones (excluding diaryl/α,β-unsaturated/α-hetero) is 1. The van der Waals surface area contributed by atoms with Gasteiger partial charge in [0.05, 0.1) is 15.5 Å². The van der Waals surface area contributed by atoms with Crippen LogP contribution in [-0.4, -0.2) is 47.2 Å². The van der Waals surface area contributed by atoms with Gasteiger partial charge in [-0.3, -0.25) is 19.7 Å². The highest BCUT2D eigenvalue weighted by atomic mass is 35.5. The van der Waals surface area contributed by atoms with Crippen molar-refractivity contribution in [3.05, 3.63) is 74.3 Å². The first-order valence-corrected chi connectivity index (χ1v) is 13.6. The Hall–Kier alpha value is -2.91. The van der Waals surface area contributed by atoms with E-state index in [0.717, 1.165) is 12.1 Å². The number of non-ortho nitro benzene ring substituents is 1. The van der Waals surface area contributed by atoms with Crippen molar-refractivity contribution >= 4 is 46.7 Å². The molecule has 2 aromatic rings. The number of nitrogens with one attached hydrogen (secondary N) is 1. The van der Waals surface area contributed by atoms with Crippen molar-refractivity contribution in [2.24, 2.45) is 0 Å². The third kappa shape index (κ3) is 7.54. The first-order chi connectivity index (χ1) is 17.3. The molecule has 0 spiro atoms. The van der Waals surface area contributed by atoms with Crippen LogP contribution in [0.15, 0.2) is 42.5 Å². The monoisotopic (exact) mass is 532 g/mol. The summed E-state index contributed by atoms with van der Waals surface area (Å²) in [4.78, 5) is 48.3. The van der Waals surface area contributed by atoms with Crippen LogP contribution in [0, 0.1) is 10.1 Å². The van der Waals surface area contributed by atoms with Gasteiger partial charge >= 0.3 is 5.97 Å². The summed E-state index contributed by atoms with van der Waals surface area (Å²) in [6.07, 6.45) is 8.20. The number of nitrogens with zero attached hydrogens (tertiary/aromatic N) is 1. The molecule has 192 valence electrons. The zero-order valence-electron chi connectivity index (χ0n) is 20.0. The summed E-state index contributed by atoms with van der Waals surface area (Å²) >= 11 is 7.52. The molecule has 3 rings (SSSR count). The number of ether oxygens (including phenoxy) is 1. The van der Waals surface area contributed by atoms with Crippen LogP contribution in [-0.2, 0) is 9.53 Å². The predicted octanol–water partition coefficient (Wildman–Crippen LogP) is 5.57. The number of hydrogen-bond acceptors (Lipinski definition) is 7. The highest BCUT2D eigenvalue weighted by Crippen LogP contribution is 2.32. The summed E-state index contributed by atoms with van der Waals surface area (Å²) in [6.45, 7) is -0.439. The fourth-order valence-electron chi connectivity index (χ4n) is 4.22. The minimum atomic E-state index is -1.00. The van der Waals surface area contributed by atoms with Crippen LogP contribution in [0.2, 0.25) is 5.02 Å². The zero-order chi connectivity index (χ0) is 26.1. The second kappa shape index (κ2) is 13.4. The largest absolute Gasteiger partial charge is 0.456 e. The number of nitro groups is 1. The van der Waals surface area contributed by atoms with Crippen molar-refractivity contribution in [2.45, 2.75) is 50.5 Å². The Labute approximate surface area is 219 Å². The zero-order valence-corrected chi connectivity index (χ0v) is 21.6. The predicted molar refractivity (Wildman–Crippen MR) is 140 cm³/mol. The molecule has 1 fully saturated rings. The second-order valence-corrected chi connectivity index (χ2v) is 10.1. The van der Waals surface area contributed by atoms with Gasteiger partial charge in [-0.05, 0) is 48.8 Å². The van der Waals surface area contributed by atoms with Gasteiger partial charge in [-0.15, -0.1) is 0 Å². The SMILES string of the molecule is CSCC[C@@H](NC(=O)c1ccc([N+](=O)[O-])cc1Cl)C(=O)OCC(=O)c1ccc(C2CCCCC2)cc1. The summed E-state index contributed by atoms with van der Waals surface area (Å²) < 4.78 is 5.25. The van der Waals surface area contributed by atoms with E-state index in [4.69, 9.17) is 16.3 Å². The molecule has 1 N–H and O–H groups in total. The summed E-state index contributed by atoms with van der Waals surface area (Å²) in [5.41, 5.74) is 1.44. The average Bonchev–Trinajstić information content (AvgIpc) is 2.89. The molecule has 0 aromatic heterocycles. The summed E-state index contributed by atoms with van der Waals surface area (Å²) in [5, 5.41) is 13.4. The molecule has 1 aliphatic carbocycles. The van der Waals surface area contributed by atoms with E-state index >= 15 is 0 Å². The van der Waals surface area contributed by atoms with Gasteiger partial charge in [0.25, 0.3) is 11.6 Å². The van der Waals surface area contributed by atoms with Crippen LogP contribution in [0.5, 0.6) is 0 Å². The number of rotatable bonds is 11. The lowest BCUT2D eigenvalue weighted by Gasteiger charge is -2.22. The summed E-state index contributed by atoms with van der Waals surface area (Å²) in [5.74, 6) is -0.632. The molecule has 0 aliphatic heterocycles. The van der Waals surface area contributed by atoms with Gasteiger partial charge in [0.15, 0.2) is 12.4 Å². The molecule has 1 saturated carbocycles. The molecule has 0 radical (unpaired) electrons. The molecule has 8 nitrogen and oxygen atoms in total. The number of esters is 1. The lowest BCUT2D eigenvalue weighted by molar-refractivity contribution is -0.384. The van der Waals surface area contributed by atoms with E-state index in [1.54, 1.807) is 12.1 Å².